The second-order valence-electron chi connectivity index (χ2n) is 6.59. The molecule has 0 saturated carbocycles. The summed E-state index contributed by atoms with van der Waals surface area (Å²) in [5.41, 5.74) is 2.04. The first kappa shape index (κ1) is 15.3. The fourth-order valence-electron chi connectivity index (χ4n) is 3.96. The van der Waals surface area contributed by atoms with Gasteiger partial charge < -0.3 is 4.79 Å². The minimum Gasteiger partial charge on any atom is -0.303 e. The number of carbonyl (C=O) groups is 2. The Morgan fingerprint density at radius 1 is 1.10 bits per heavy atom. The smallest absolute Gasteiger partial charge is 0.186 e. The molecule has 3 heteroatoms. The van der Waals surface area contributed by atoms with E-state index in [1.807, 2.05) is 12.1 Å². The maximum absolute atomic E-state index is 11.9. The van der Waals surface area contributed by atoms with Crippen LogP contribution in [0.25, 0.3) is 0 Å². The fraction of sp³-hybridized carbons (Fsp3) is 0.529. The van der Waals surface area contributed by atoms with Gasteiger partial charge in [-0.1, -0.05) is 63.7 Å². The predicted molar refractivity (Wildman–Crippen MR) is 84.2 cm³/mol. The molecule has 2 rings (SSSR count). The maximum atomic E-state index is 11.9. The van der Waals surface area contributed by atoms with Gasteiger partial charge in [0.05, 0.1) is 0 Å². The van der Waals surface area contributed by atoms with Gasteiger partial charge >= 0.3 is 0 Å². The van der Waals surface area contributed by atoms with E-state index in [1.165, 1.54) is 22.9 Å². The molecule has 20 heavy (non-hydrogen) atoms. The standard InChI is InChI=1S/C17H22O2S/c1-12(19)20-17(10-11-18)15(2,3)13-8-6-7-9-14(13)16(17,4)5/h6-9,11H,10H2,1-5H3. The molecular formula is C17H22O2S. The van der Waals surface area contributed by atoms with Crippen LogP contribution in [-0.4, -0.2) is 16.1 Å². The van der Waals surface area contributed by atoms with Crippen molar-refractivity contribution in [3.63, 3.8) is 0 Å². The average Bonchev–Trinajstić information content (AvgIpc) is 2.48. The lowest BCUT2D eigenvalue weighted by molar-refractivity contribution is -0.109. The van der Waals surface area contributed by atoms with Gasteiger partial charge in [0.15, 0.2) is 5.12 Å². The molecule has 0 bridgehead atoms. The largest absolute Gasteiger partial charge is 0.303 e. The molecule has 1 aliphatic carbocycles. The van der Waals surface area contributed by atoms with Crippen LogP contribution >= 0.6 is 11.8 Å². The first-order valence-electron chi connectivity index (χ1n) is 6.94. The highest BCUT2D eigenvalue weighted by Crippen LogP contribution is 2.63. The summed E-state index contributed by atoms with van der Waals surface area (Å²) in [6.45, 7) is 10.2. The van der Waals surface area contributed by atoms with E-state index in [1.54, 1.807) is 6.92 Å². The van der Waals surface area contributed by atoms with Crippen LogP contribution in [0.2, 0.25) is 0 Å². The summed E-state index contributed by atoms with van der Waals surface area (Å²) in [5, 5.41) is 0.0702. The molecule has 0 aliphatic heterocycles. The highest BCUT2D eigenvalue weighted by Gasteiger charge is 2.63. The van der Waals surface area contributed by atoms with Crippen molar-refractivity contribution in [2.24, 2.45) is 0 Å². The molecule has 1 aromatic carbocycles. The van der Waals surface area contributed by atoms with E-state index in [9.17, 15) is 9.59 Å². The van der Waals surface area contributed by atoms with Crippen LogP contribution < -0.4 is 0 Å². The molecule has 0 saturated heterocycles. The molecule has 0 amide bonds. The number of thioether (sulfide) groups is 1. The van der Waals surface area contributed by atoms with Crippen molar-refractivity contribution in [3.05, 3.63) is 35.4 Å². The normalized spacial score (nSPS) is 21.2. The second-order valence-corrected chi connectivity index (χ2v) is 8.06. The Kier molecular flexibility index (Phi) is 3.62. The van der Waals surface area contributed by atoms with Crippen molar-refractivity contribution in [1.29, 1.82) is 0 Å². The summed E-state index contributed by atoms with van der Waals surface area (Å²) < 4.78 is -0.433. The molecule has 108 valence electrons. The Balaban J connectivity index is 2.74. The molecule has 0 radical (unpaired) electrons. The first-order chi connectivity index (χ1) is 9.20. The molecule has 0 heterocycles. The number of rotatable bonds is 3. The first-order valence-corrected chi connectivity index (χ1v) is 7.75. The van der Waals surface area contributed by atoms with E-state index in [0.29, 0.717) is 6.42 Å². The van der Waals surface area contributed by atoms with Crippen molar-refractivity contribution in [2.75, 3.05) is 0 Å². The number of hydrogen-bond acceptors (Lipinski definition) is 3. The van der Waals surface area contributed by atoms with Crippen LogP contribution in [0.3, 0.4) is 0 Å². The van der Waals surface area contributed by atoms with Crippen molar-refractivity contribution in [1.82, 2.24) is 0 Å². The van der Waals surface area contributed by atoms with Crippen molar-refractivity contribution < 1.29 is 9.59 Å². The molecule has 0 fully saturated rings. The summed E-state index contributed by atoms with van der Waals surface area (Å²) >= 11 is 1.33. The summed E-state index contributed by atoms with van der Waals surface area (Å²) in [7, 11) is 0. The van der Waals surface area contributed by atoms with Gasteiger partial charge in [-0.25, -0.2) is 0 Å². The quantitative estimate of drug-likeness (QED) is 0.793. The maximum Gasteiger partial charge on any atom is 0.186 e. The zero-order valence-electron chi connectivity index (χ0n) is 12.8. The van der Waals surface area contributed by atoms with Gasteiger partial charge in [0.2, 0.25) is 0 Å². The number of carbonyl (C=O) groups excluding carboxylic acids is 2. The number of aldehydes is 1. The van der Waals surface area contributed by atoms with Crippen molar-refractivity contribution >= 4 is 23.2 Å². The lowest BCUT2D eigenvalue weighted by Crippen LogP contribution is -2.52. The molecule has 0 spiro atoms. The van der Waals surface area contributed by atoms with E-state index in [-0.39, 0.29) is 15.9 Å². The topological polar surface area (TPSA) is 34.1 Å². The van der Waals surface area contributed by atoms with Gasteiger partial charge in [-0.3, -0.25) is 4.79 Å². The third-order valence-corrected chi connectivity index (χ3v) is 6.80. The minimum atomic E-state index is -0.433. The molecular weight excluding hydrogens is 268 g/mol. The summed E-state index contributed by atoms with van der Waals surface area (Å²) in [5.74, 6) is 0. The zero-order chi connectivity index (χ0) is 15.2. The van der Waals surface area contributed by atoms with Crippen LogP contribution in [0.4, 0.5) is 0 Å². The van der Waals surface area contributed by atoms with Crippen LogP contribution in [0.1, 0.15) is 52.2 Å². The molecule has 2 nitrogen and oxygen atoms in total. The van der Waals surface area contributed by atoms with Gasteiger partial charge in [-0.15, -0.1) is 0 Å². The Labute approximate surface area is 125 Å². The molecule has 0 aromatic heterocycles. The van der Waals surface area contributed by atoms with Gasteiger partial charge in [-0.05, 0) is 11.1 Å². The van der Waals surface area contributed by atoms with E-state index >= 15 is 0 Å². The Morgan fingerprint density at radius 2 is 1.55 bits per heavy atom. The van der Waals surface area contributed by atoms with Crippen LogP contribution in [0.15, 0.2) is 24.3 Å². The van der Waals surface area contributed by atoms with Gasteiger partial charge in [0.1, 0.15) is 6.29 Å². The average molecular weight is 290 g/mol. The van der Waals surface area contributed by atoms with Crippen molar-refractivity contribution in [2.45, 2.75) is 56.6 Å². The Morgan fingerprint density at radius 3 is 1.90 bits per heavy atom. The number of fused-ring (bicyclic) bond motifs is 1. The SMILES string of the molecule is CC(=O)SC1(CC=O)C(C)(C)c2ccccc2C1(C)C. The molecule has 0 atom stereocenters. The number of benzene rings is 1. The van der Waals surface area contributed by atoms with E-state index in [2.05, 4.69) is 39.8 Å². The molecule has 1 aromatic rings. The van der Waals surface area contributed by atoms with Crippen LogP contribution in [0.5, 0.6) is 0 Å². The Bertz CT molecular complexity index is 523. The Hall–Kier alpha value is -1.09. The second kappa shape index (κ2) is 4.73. The van der Waals surface area contributed by atoms with Gasteiger partial charge in [0.25, 0.3) is 0 Å². The number of hydrogen-bond donors (Lipinski definition) is 0. The van der Waals surface area contributed by atoms with E-state index in [0.717, 1.165) is 6.29 Å². The van der Waals surface area contributed by atoms with Crippen LogP contribution in [-0.2, 0) is 20.4 Å². The van der Waals surface area contributed by atoms with E-state index in [4.69, 9.17) is 0 Å². The lowest BCUT2D eigenvalue weighted by Gasteiger charge is -2.47. The minimum absolute atomic E-state index is 0.0702. The lowest BCUT2D eigenvalue weighted by atomic mass is 9.67. The molecule has 0 unspecified atom stereocenters. The van der Waals surface area contributed by atoms with Gasteiger partial charge in [-0.2, -0.15) is 0 Å². The summed E-state index contributed by atoms with van der Waals surface area (Å²) in [6.07, 6.45) is 1.34. The summed E-state index contributed by atoms with van der Waals surface area (Å²) in [6, 6.07) is 8.33. The highest BCUT2D eigenvalue weighted by atomic mass is 32.2. The monoisotopic (exact) mass is 290 g/mol. The molecule has 1 aliphatic rings. The van der Waals surface area contributed by atoms with E-state index < -0.39 is 4.75 Å². The van der Waals surface area contributed by atoms with Crippen molar-refractivity contribution in [3.8, 4) is 0 Å². The van der Waals surface area contributed by atoms with Crippen LogP contribution in [0, 0.1) is 0 Å². The predicted octanol–water partition coefficient (Wildman–Crippen LogP) is 3.86. The summed E-state index contributed by atoms with van der Waals surface area (Å²) in [4.78, 5) is 23.2. The highest BCUT2D eigenvalue weighted by molar-refractivity contribution is 8.14. The van der Waals surface area contributed by atoms with Gasteiger partial charge in [0, 0.05) is 28.9 Å². The zero-order valence-corrected chi connectivity index (χ0v) is 13.6. The third-order valence-electron chi connectivity index (χ3n) is 4.98. The molecule has 0 N–H and O–H groups in total. The third kappa shape index (κ3) is 1.79. The fourth-order valence-corrected chi connectivity index (χ4v) is 5.33.